The molecule has 0 bridgehead atoms. The molecule has 20 heavy (non-hydrogen) atoms. The smallest absolute Gasteiger partial charge is 0.129 e. The van der Waals surface area contributed by atoms with Crippen LogP contribution in [-0.4, -0.2) is 19.9 Å². The molecule has 0 saturated carbocycles. The first kappa shape index (κ1) is 11.3. The first-order valence-electron chi connectivity index (χ1n) is 6.88. The molecule has 98 valence electrons. The molecule has 2 aromatic heterocycles. The van der Waals surface area contributed by atoms with Crippen molar-refractivity contribution in [3.63, 3.8) is 0 Å². The van der Waals surface area contributed by atoms with Crippen LogP contribution >= 0.6 is 0 Å². The van der Waals surface area contributed by atoms with E-state index in [-0.39, 0.29) is 0 Å². The van der Waals surface area contributed by atoms with Gasteiger partial charge in [-0.15, -0.1) is 0 Å². The molecule has 4 heteroatoms. The number of nitrogens with one attached hydrogen (secondary N) is 1. The Morgan fingerprint density at radius 2 is 1.65 bits per heavy atom. The van der Waals surface area contributed by atoms with E-state index in [4.69, 9.17) is 0 Å². The number of nitrogens with zero attached hydrogens (tertiary/aromatic N) is 3. The van der Waals surface area contributed by atoms with Gasteiger partial charge in [0.15, 0.2) is 0 Å². The lowest BCUT2D eigenvalue weighted by atomic mass is 10.2. The molecular formula is C16H14N4. The molecule has 0 aliphatic rings. The molecular weight excluding hydrogens is 248 g/mol. The fraction of sp³-hybridized carbons (Fsp3) is 0.188. The van der Waals surface area contributed by atoms with Crippen LogP contribution in [0.4, 0.5) is 0 Å². The summed E-state index contributed by atoms with van der Waals surface area (Å²) in [7, 11) is 0. The number of benzene rings is 2. The molecule has 0 fully saturated rings. The van der Waals surface area contributed by atoms with Crippen molar-refractivity contribution in [1.82, 2.24) is 19.9 Å². The number of aromatic nitrogens is 4. The van der Waals surface area contributed by atoms with Crippen molar-refractivity contribution in [3.8, 4) is 0 Å². The summed E-state index contributed by atoms with van der Waals surface area (Å²) >= 11 is 0. The first-order chi connectivity index (χ1) is 9.83. The standard InChI is InChI=1S/C16H14N4/c1-2-5-16-19-14-8-12-13(9-15(14)20-16)18-11-7-4-3-6-10(11)17-12/h3-4,6-9,17H,2,5H2,1H3. The predicted octanol–water partition coefficient (Wildman–Crippen LogP) is 3.61. The second kappa shape index (κ2) is 4.27. The van der Waals surface area contributed by atoms with Crippen LogP contribution in [0.25, 0.3) is 33.1 Å². The molecule has 0 unspecified atom stereocenters. The fourth-order valence-electron chi connectivity index (χ4n) is 2.53. The molecule has 0 saturated heterocycles. The van der Waals surface area contributed by atoms with Gasteiger partial charge in [0.05, 0.1) is 33.1 Å². The van der Waals surface area contributed by atoms with E-state index < -0.39 is 0 Å². The number of imidazole rings is 1. The molecule has 1 N–H and O–H groups in total. The van der Waals surface area contributed by atoms with Gasteiger partial charge in [-0.3, -0.25) is 0 Å². The van der Waals surface area contributed by atoms with Crippen LogP contribution in [-0.2, 0) is 6.42 Å². The van der Waals surface area contributed by atoms with Gasteiger partial charge in [-0.05, 0) is 30.7 Å². The highest BCUT2D eigenvalue weighted by molar-refractivity contribution is 5.94. The largest absolute Gasteiger partial charge is 0.352 e. The maximum Gasteiger partial charge on any atom is 0.129 e. The molecule has 0 amide bonds. The van der Waals surface area contributed by atoms with E-state index in [1.807, 2.05) is 36.4 Å². The van der Waals surface area contributed by atoms with Crippen molar-refractivity contribution in [2.24, 2.45) is 0 Å². The topological polar surface area (TPSA) is 54.5 Å². The number of hydrogen-bond donors (Lipinski definition) is 1. The summed E-state index contributed by atoms with van der Waals surface area (Å²) in [4.78, 5) is 17.2. The van der Waals surface area contributed by atoms with Gasteiger partial charge < -0.3 is 4.98 Å². The summed E-state index contributed by atoms with van der Waals surface area (Å²) in [5.41, 5.74) is 5.80. The van der Waals surface area contributed by atoms with Crippen LogP contribution in [0.1, 0.15) is 19.2 Å². The third-order valence-corrected chi connectivity index (χ3v) is 3.48. The lowest BCUT2D eigenvalue weighted by Gasteiger charge is -2.01. The van der Waals surface area contributed by atoms with Crippen molar-refractivity contribution in [2.45, 2.75) is 19.8 Å². The highest BCUT2D eigenvalue weighted by Crippen LogP contribution is 2.21. The monoisotopic (exact) mass is 262 g/mol. The van der Waals surface area contributed by atoms with Crippen LogP contribution in [0.2, 0.25) is 0 Å². The molecule has 4 aromatic rings. The summed E-state index contributed by atoms with van der Waals surface area (Å²) in [6.45, 7) is 2.14. The minimum Gasteiger partial charge on any atom is -0.352 e. The maximum absolute atomic E-state index is 4.68. The Morgan fingerprint density at radius 3 is 2.50 bits per heavy atom. The van der Waals surface area contributed by atoms with Crippen molar-refractivity contribution in [1.29, 1.82) is 0 Å². The lowest BCUT2D eigenvalue weighted by Crippen LogP contribution is -1.87. The molecule has 0 aliphatic carbocycles. The van der Waals surface area contributed by atoms with E-state index in [9.17, 15) is 0 Å². The Kier molecular flexibility index (Phi) is 2.42. The summed E-state index contributed by atoms with van der Waals surface area (Å²) in [5.74, 6) is 0.919. The molecule has 2 heterocycles. The molecule has 2 aromatic carbocycles. The minimum atomic E-state index is 0.919. The van der Waals surface area contributed by atoms with Crippen LogP contribution < -0.4 is 0 Å². The third-order valence-electron chi connectivity index (χ3n) is 3.48. The van der Waals surface area contributed by atoms with Gasteiger partial charge in [-0.2, -0.15) is 0 Å². The zero-order valence-corrected chi connectivity index (χ0v) is 11.2. The normalized spacial score (nSPS) is 11.7. The molecule has 0 spiro atoms. The molecule has 0 atom stereocenters. The Balaban J connectivity index is 2.02. The van der Waals surface area contributed by atoms with Gasteiger partial charge in [0.2, 0.25) is 0 Å². The Hall–Kier alpha value is -2.49. The summed E-state index contributed by atoms with van der Waals surface area (Å²) in [6, 6.07) is 12.1. The number of H-pyrrole nitrogens is 1. The SMILES string of the molecule is CCCc1nc2cc3nc4ccccc4[nH]c3cc2n1. The average molecular weight is 262 g/mol. The van der Waals surface area contributed by atoms with E-state index in [2.05, 4.69) is 26.9 Å². The summed E-state index contributed by atoms with van der Waals surface area (Å²) in [5, 5.41) is 0. The van der Waals surface area contributed by atoms with E-state index in [1.54, 1.807) is 0 Å². The Labute approximate surface area is 115 Å². The maximum atomic E-state index is 4.68. The summed E-state index contributed by atoms with van der Waals surface area (Å²) in [6.07, 6.45) is 1.98. The number of para-hydroxylation sites is 2. The Bertz CT molecular complexity index is 852. The minimum absolute atomic E-state index is 0.919. The van der Waals surface area contributed by atoms with Gasteiger partial charge in [0.1, 0.15) is 5.82 Å². The van der Waals surface area contributed by atoms with Crippen LogP contribution in [0.15, 0.2) is 36.4 Å². The molecule has 0 aliphatic heterocycles. The quantitative estimate of drug-likeness (QED) is 0.561. The fourth-order valence-corrected chi connectivity index (χ4v) is 2.53. The number of hydrogen-bond acceptors (Lipinski definition) is 3. The lowest BCUT2D eigenvalue weighted by molar-refractivity contribution is 0.861. The van der Waals surface area contributed by atoms with Gasteiger partial charge in [0, 0.05) is 6.42 Å². The second-order valence-electron chi connectivity index (χ2n) is 5.00. The van der Waals surface area contributed by atoms with Gasteiger partial charge >= 0.3 is 0 Å². The van der Waals surface area contributed by atoms with Crippen molar-refractivity contribution < 1.29 is 0 Å². The predicted molar refractivity (Wildman–Crippen MR) is 80.7 cm³/mol. The molecule has 0 radical (unpaired) electrons. The number of aromatic amines is 1. The average Bonchev–Trinajstić information content (AvgIpc) is 2.84. The van der Waals surface area contributed by atoms with Gasteiger partial charge in [0.25, 0.3) is 0 Å². The number of fused-ring (bicyclic) bond motifs is 3. The zero-order valence-electron chi connectivity index (χ0n) is 11.2. The van der Waals surface area contributed by atoms with E-state index in [1.165, 1.54) is 0 Å². The van der Waals surface area contributed by atoms with Crippen LogP contribution in [0.3, 0.4) is 0 Å². The van der Waals surface area contributed by atoms with Crippen LogP contribution in [0, 0.1) is 0 Å². The Morgan fingerprint density at radius 1 is 0.850 bits per heavy atom. The van der Waals surface area contributed by atoms with E-state index in [0.29, 0.717) is 0 Å². The zero-order chi connectivity index (χ0) is 13.5. The third kappa shape index (κ3) is 1.72. The van der Waals surface area contributed by atoms with E-state index in [0.717, 1.165) is 51.8 Å². The first-order valence-corrected chi connectivity index (χ1v) is 6.88. The van der Waals surface area contributed by atoms with Gasteiger partial charge in [-0.1, -0.05) is 19.1 Å². The van der Waals surface area contributed by atoms with Crippen molar-refractivity contribution in [2.75, 3.05) is 0 Å². The molecule has 4 nitrogen and oxygen atoms in total. The number of aryl methyl sites for hydroxylation is 1. The summed E-state index contributed by atoms with van der Waals surface area (Å²) < 4.78 is 0. The van der Waals surface area contributed by atoms with Gasteiger partial charge in [-0.25, -0.2) is 15.0 Å². The van der Waals surface area contributed by atoms with Crippen molar-refractivity contribution in [3.05, 3.63) is 42.2 Å². The van der Waals surface area contributed by atoms with E-state index >= 15 is 0 Å². The number of rotatable bonds is 2. The van der Waals surface area contributed by atoms with Crippen molar-refractivity contribution >= 4 is 33.1 Å². The highest BCUT2D eigenvalue weighted by Gasteiger charge is 2.07. The van der Waals surface area contributed by atoms with Crippen LogP contribution in [0.5, 0.6) is 0 Å². The molecule has 4 rings (SSSR count). The second-order valence-corrected chi connectivity index (χ2v) is 5.00. The highest BCUT2D eigenvalue weighted by atomic mass is 14.9.